The monoisotopic (exact) mass is 583 g/mol. The Balaban J connectivity index is 1.50. The van der Waals surface area contributed by atoms with Crippen molar-refractivity contribution in [3.8, 4) is 0 Å². The third-order valence-electron chi connectivity index (χ3n) is 6.15. The second-order valence-corrected chi connectivity index (χ2v) is 10.9. The molecule has 8 heteroatoms. The van der Waals surface area contributed by atoms with Gasteiger partial charge in [-0.1, -0.05) is 73.1 Å². The molecule has 0 saturated heterocycles. The number of amides is 3. The molecule has 208 valence electrons. The lowest BCUT2D eigenvalue weighted by molar-refractivity contribution is -0.116. The Bertz CT molecular complexity index is 1560. The molecular weight excluding hydrogens is 554 g/mol. The zero-order valence-electron chi connectivity index (χ0n) is 22.7. The SMILES string of the molecule is CCC(Sc1cccc(NC(=O)/C(=C/c2ccc(Cl)cc2)NC(=O)c2ccccc2)c1)C(=O)Nc1ccccc1C. The smallest absolute Gasteiger partial charge is 0.272 e. The van der Waals surface area contributed by atoms with Crippen molar-refractivity contribution in [3.05, 3.63) is 131 Å². The lowest BCUT2D eigenvalue weighted by Crippen LogP contribution is -2.30. The second-order valence-electron chi connectivity index (χ2n) is 9.23. The summed E-state index contributed by atoms with van der Waals surface area (Å²) in [5.41, 5.74) is 3.51. The van der Waals surface area contributed by atoms with E-state index in [2.05, 4.69) is 16.0 Å². The van der Waals surface area contributed by atoms with Gasteiger partial charge in [-0.05, 0) is 79.1 Å². The van der Waals surface area contributed by atoms with Gasteiger partial charge < -0.3 is 16.0 Å². The summed E-state index contributed by atoms with van der Waals surface area (Å²) >= 11 is 7.44. The van der Waals surface area contributed by atoms with Crippen molar-refractivity contribution in [2.75, 3.05) is 10.6 Å². The minimum atomic E-state index is -0.490. The number of aryl methyl sites for hydroxylation is 1. The van der Waals surface area contributed by atoms with Crippen LogP contribution >= 0.6 is 23.4 Å². The predicted octanol–water partition coefficient (Wildman–Crippen LogP) is 7.57. The van der Waals surface area contributed by atoms with Gasteiger partial charge in [-0.2, -0.15) is 0 Å². The van der Waals surface area contributed by atoms with Gasteiger partial charge in [0.05, 0.1) is 5.25 Å². The van der Waals surface area contributed by atoms with E-state index in [4.69, 9.17) is 11.6 Å². The minimum absolute atomic E-state index is 0.0725. The molecule has 0 heterocycles. The first-order valence-corrected chi connectivity index (χ1v) is 14.4. The molecule has 0 radical (unpaired) electrons. The van der Waals surface area contributed by atoms with Crippen LogP contribution in [-0.4, -0.2) is 23.0 Å². The van der Waals surface area contributed by atoms with E-state index in [0.717, 1.165) is 16.1 Å². The predicted molar refractivity (Wildman–Crippen MR) is 168 cm³/mol. The van der Waals surface area contributed by atoms with Gasteiger partial charge in [0.25, 0.3) is 11.8 Å². The van der Waals surface area contributed by atoms with Crippen molar-refractivity contribution in [2.45, 2.75) is 30.4 Å². The summed E-state index contributed by atoms with van der Waals surface area (Å²) in [6, 6.07) is 30.5. The van der Waals surface area contributed by atoms with E-state index >= 15 is 0 Å². The molecule has 0 bridgehead atoms. The zero-order valence-corrected chi connectivity index (χ0v) is 24.3. The minimum Gasteiger partial charge on any atom is -0.325 e. The van der Waals surface area contributed by atoms with Crippen molar-refractivity contribution in [1.82, 2.24) is 5.32 Å². The van der Waals surface area contributed by atoms with Gasteiger partial charge in [0.1, 0.15) is 5.70 Å². The third-order valence-corrected chi connectivity index (χ3v) is 7.76. The molecule has 4 rings (SSSR count). The molecule has 1 atom stereocenters. The van der Waals surface area contributed by atoms with Crippen LogP contribution in [0.5, 0.6) is 0 Å². The number of hydrogen-bond donors (Lipinski definition) is 3. The first-order valence-electron chi connectivity index (χ1n) is 13.1. The maximum absolute atomic E-state index is 13.4. The normalized spacial score (nSPS) is 11.8. The number of hydrogen-bond acceptors (Lipinski definition) is 4. The summed E-state index contributed by atoms with van der Waals surface area (Å²) in [6.07, 6.45) is 2.21. The summed E-state index contributed by atoms with van der Waals surface area (Å²) in [6.45, 7) is 3.91. The molecule has 0 aliphatic carbocycles. The Morgan fingerprint density at radius 2 is 1.56 bits per heavy atom. The molecule has 0 saturated carbocycles. The Labute approximate surface area is 249 Å². The summed E-state index contributed by atoms with van der Waals surface area (Å²) in [4.78, 5) is 40.1. The molecule has 1 unspecified atom stereocenters. The number of halogens is 1. The molecule has 6 nitrogen and oxygen atoms in total. The molecule has 0 fully saturated rings. The van der Waals surface area contributed by atoms with Crippen LogP contribution in [0, 0.1) is 6.92 Å². The van der Waals surface area contributed by atoms with Crippen molar-refractivity contribution < 1.29 is 14.4 Å². The fourth-order valence-electron chi connectivity index (χ4n) is 3.93. The average Bonchev–Trinajstić information content (AvgIpc) is 2.98. The number of nitrogens with one attached hydrogen (secondary N) is 3. The van der Waals surface area contributed by atoms with Crippen LogP contribution in [0.4, 0.5) is 11.4 Å². The number of thioether (sulfide) groups is 1. The van der Waals surface area contributed by atoms with Gasteiger partial charge in [0.15, 0.2) is 0 Å². The molecule has 4 aromatic rings. The highest BCUT2D eigenvalue weighted by atomic mass is 35.5. The lowest BCUT2D eigenvalue weighted by atomic mass is 10.1. The maximum Gasteiger partial charge on any atom is 0.272 e. The summed E-state index contributed by atoms with van der Waals surface area (Å²) in [5, 5.41) is 8.86. The molecule has 4 aromatic carbocycles. The van der Waals surface area contributed by atoms with Crippen molar-refractivity contribution in [3.63, 3.8) is 0 Å². The van der Waals surface area contributed by atoms with Crippen LogP contribution in [0.2, 0.25) is 5.02 Å². The average molecular weight is 584 g/mol. The lowest BCUT2D eigenvalue weighted by Gasteiger charge is -2.17. The molecule has 0 spiro atoms. The number of rotatable bonds is 10. The molecule has 0 aliphatic heterocycles. The first-order chi connectivity index (χ1) is 19.8. The highest BCUT2D eigenvalue weighted by Crippen LogP contribution is 2.29. The Hall–Kier alpha value is -4.33. The highest BCUT2D eigenvalue weighted by molar-refractivity contribution is 8.00. The largest absolute Gasteiger partial charge is 0.325 e. The molecule has 3 N–H and O–H groups in total. The van der Waals surface area contributed by atoms with E-state index < -0.39 is 11.8 Å². The second kappa shape index (κ2) is 14.3. The number of benzene rings is 4. The summed E-state index contributed by atoms with van der Waals surface area (Å²) in [7, 11) is 0. The van der Waals surface area contributed by atoms with Crippen LogP contribution in [0.1, 0.15) is 34.8 Å². The fourth-order valence-corrected chi connectivity index (χ4v) is 5.07. The number of para-hydroxylation sites is 1. The Morgan fingerprint density at radius 3 is 2.27 bits per heavy atom. The Kier molecular flexibility index (Phi) is 10.4. The molecule has 0 aliphatic rings. The van der Waals surface area contributed by atoms with Crippen molar-refractivity contribution in [2.24, 2.45) is 0 Å². The van der Waals surface area contributed by atoms with E-state index in [1.807, 2.05) is 62.4 Å². The summed E-state index contributed by atoms with van der Waals surface area (Å²) in [5.74, 6) is -0.982. The van der Waals surface area contributed by atoms with Crippen LogP contribution in [-0.2, 0) is 9.59 Å². The van der Waals surface area contributed by atoms with Gasteiger partial charge >= 0.3 is 0 Å². The third kappa shape index (κ3) is 8.58. The van der Waals surface area contributed by atoms with Gasteiger partial charge in [0, 0.05) is 26.9 Å². The number of carbonyl (C=O) groups excluding carboxylic acids is 3. The van der Waals surface area contributed by atoms with Gasteiger partial charge in [0.2, 0.25) is 5.91 Å². The van der Waals surface area contributed by atoms with Crippen LogP contribution in [0.15, 0.2) is 114 Å². The molecule has 3 amide bonds. The van der Waals surface area contributed by atoms with E-state index in [9.17, 15) is 14.4 Å². The van der Waals surface area contributed by atoms with Gasteiger partial charge in [-0.15, -0.1) is 11.8 Å². The van der Waals surface area contributed by atoms with E-state index in [0.29, 0.717) is 28.3 Å². The van der Waals surface area contributed by atoms with Crippen LogP contribution in [0.25, 0.3) is 6.08 Å². The van der Waals surface area contributed by atoms with Crippen molar-refractivity contribution >= 4 is 58.5 Å². The van der Waals surface area contributed by atoms with Gasteiger partial charge in [-0.25, -0.2) is 0 Å². The van der Waals surface area contributed by atoms with Crippen LogP contribution in [0.3, 0.4) is 0 Å². The molecule has 41 heavy (non-hydrogen) atoms. The van der Waals surface area contributed by atoms with Crippen molar-refractivity contribution in [1.29, 1.82) is 0 Å². The Morgan fingerprint density at radius 1 is 0.854 bits per heavy atom. The standard InChI is InChI=1S/C33H30ClN3O3S/c1-3-30(33(40)36-28-15-8-7-10-22(28)2)41-27-14-9-13-26(21-27)35-32(39)29(20-23-16-18-25(34)19-17-23)37-31(38)24-11-5-4-6-12-24/h4-21,30H,3H2,1-2H3,(H,35,39)(H,36,40)(H,37,38)/b29-20-. The highest BCUT2D eigenvalue weighted by Gasteiger charge is 2.20. The topological polar surface area (TPSA) is 87.3 Å². The van der Waals surface area contributed by atoms with Gasteiger partial charge in [-0.3, -0.25) is 14.4 Å². The number of anilines is 2. The number of carbonyl (C=O) groups is 3. The summed E-state index contributed by atoms with van der Waals surface area (Å²) < 4.78 is 0. The molecular formula is C33H30ClN3O3S. The van der Waals surface area contributed by atoms with Crippen LogP contribution < -0.4 is 16.0 Å². The zero-order chi connectivity index (χ0) is 29.2. The van der Waals surface area contributed by atoms with E-state index in [1.54, 1.807) is 60.7 Å². The fraction of sp³-hybridized carbons (Fsp3) is 0.121. The maximum atomic E-state index is 13.4. The molecule has 0 aromatic heterocycles. The first kappa shape index (κ1) is 29.6. The van der Waals surface area contributed by atoms with E-state index in [1.165, 1.54) is 11.8 Å². The van der Waals surface area contributed by atoms with E-state index in [-0.39, 0.29) is 16.9 Å². The quantitative estimate of drug-likeness (QED) is 0.133.